The minimum absolute atomic E-state index is 0.0402. The van der Waals surface area contributed by atoms with Crippen LogP contribution in [-0.2, 0) is 11.3 Å². The van der Waals surface area contributed by atoms with Gasteiger partial charge < -0.3 is 19.7 Å². The molecule has 0 unspecified atom stereocenters. The van der Waals surface area contributed by atoms with Gasteiger partial charge in [-0.2, -0.15) is 0 Å². The molecule has 106 valence electrons. The summed E-state index contributed by atoms with van der Waals surface area (Å²) < 4.78 is 9.89. The summed E-state index contributed by atoms with van der Waals surface area (Å²) in [7, 11) is 1.55. The van der Waals surface area contributed by atoms with Crippen LogP contribution in [0.4, 0.5) is 0 Å². The predicted molar refractivity (Wildman–Crippen MR) is 67.6 cm³/mol. The van der Waals surface area contributed by atoms with Crippen LogP contribution in [-0.4, -0.2) is 35.4 Å². The van der Waals surface area contributed by atoms with E-state index in [0.717, 1.165) is 32.1 Å². The largest absolute Gasteiger partial charge is 0.394 e. The van der Waals surface area contributed by atoms with Crippen molar-refractivity contribution < 1.29 is 19.2 Å². The maximum absolute atomic E-state index is 12.1. The summed E-state index contributed by atoms with van der Waals surface area (Å²) in [5.41, 5.74) is -0.277. The molecule has 1 heterocycles. The van der Waals surface area contributed by atoms with Gasteiger partial charge in [0.05, 0.1) is 12.1 Å². The molecule has 2 N–H and O–H groups in total. The highest BCUT2D eigenvalue weighted by molar-refractivity contribution is 5.92. The van der Waals surface area contributed by atoms with Gasteiger partial charge in [0.1, 0.15) is 6.61 Å². The lowest BCUT2D eigenvalue weighted by Crippen LogP contribution is -2.52. The maximum Gasteiger partial charge on any atom is 0.273 e. The summed E-state index contributed by atoms with van der Waals surface area (Å²) in [5, 5.41) is 16.2. The van der Waals surface area contributed by atoms with Crippen LogP contribution in [0.2, 0.25) is 0 Å². The zero-order valence-corrected chi connectivity index (χ0v) is 11.1. The fourth-order valence-corrected chi connectivity index (χ4v) is 2.49. The van der Waals surface area contributed by atoms with E-state index < -0.39 is 5.54 Å². The molecule has 1 aliphatic rings. The Kier molecular flexibility index (Phi) is 4.55. The number of methoxy groups -OCH3 is 1. The average molecular weight is 268 g/mol. The molecule has 1 aromatic rings. The van der Waals surface area contributed by atoms with E-state index in [9.17, 15) is 9.90 Å². The third-order valence-corrected chi connectivity index (χ3v) is 3.57. The first kappa shape index (κ1) is 14.0. The first-order valence-electron chi connectivity index (χ1n) is 6.57. The number of carbonyl (C=O) groups excluding carboxylic acids is 1. The number of nitrogens with one attached hydrogen (secondary N) is 1. The number of aromatic nitrogens is 1. The zero-order chi connectivity index (χ0) is 13.7. The number of aliphatic hydroxyl groups is 1. The van der Waals surface area contributed by atoms with Gasteiger partial charge in [0.25, 0.3) is 5.91 Å². The lowest BCUT2D eigenvalue weighted by atomic mass is 9.82. The van der Waals surface area contributed by atoms with Crippen LogP contribution < -0.4 is 5.32 Å². The van der Waals surface area contributed by atoms with Gasteiger partial charge in [-0.05, 0) is 12.8 Å². The van der Waals surface area contributed by atoms with Gasteiger partial charge in [-0.15, -0.1) is 0 Å². The number of carbonyl (C=O) groups is 1. The van der Waals surface area contributed by atoms with Crippen LogP contribution in [0.1, 0.15) is 48.4 Å². The van der Waals surface area contributed by atoms with Crippen molar-refractivity contribution in [3.63, 3.8) is 0 Å². The molecule has 1 amide bonds. The lowest BCUT2D eigenvalue weighted by molar-refractivity contribution is 0.0750. The van der Waals surface area contributed by atoms with Crippen molar-refractivity contribution in [3.05, 3.63) is 17.5 Å². The number of hydrogen-bond donors (Lipinski definition) is 2. The first-order valence-corrected chi connectivity index (χ1v) is 6.57. The minimum atomic E-state index is -0.504. The van der Waals surface area contributed by atoms with Crippen LogP contribution in [0.15, 0.2) is 10.6 Å². The average Bonchev–Trinajstić information content (AvgIpc) is 2.89. The van der Waals surface area contributed by atoms with Gasteiger partial charge in [0.2, 0.25) is 0 Å². The van der Waals surface area contributed by atoms with Crippen LogP contribution >= 0.6 is 0 Å². The van der Waals surface area contributed by atoms with Gasteiger partial charge in [-0.3, -0.25) is 4.79 Å². The number of amides is 1. The summed E-state index contributed by atoms with van der Waals surface area (Å²) in [6.45, 7) is 0.243. The topological polar surface area (TPSA) is 84.6 Å². The summed E-state index contributed by atoms with van der Waals surface area (Å²) in [4.78, 5) is 12.1. The molecule has 0 saturated heterocycles. The fraction of sp³-hybridized carbons (Fsp3) is 0.692. The normalized spacial score (nSPS) is 18.2. The molecule has 1 aliphatic carbocycles. The monoisotopic (exact) mass is 268 g/mol. The van der Waals surface area contributed by atoms with Crippen LogP contribution in [0, 0.1) is 0 Å². The highest BCUT2D eigenvalue weighted by Crippen LogP contribution is 2.28. The standard InChI is InChI=1S/C13H20N2O4/c1-18-8-10-7-11(15-19-10)12(17)14-13(9-16)5-3-2-4-6-13/h7,16H,2-6,8-9H2,1H3,(H,14,17). The summed E-state index contributed by atoms with van der Waals surface area (Å²) in [5.74, 6) is 0.205. The van der Waals surface area contributed by atoms with E-state index in [-0.39, 0.29) is 24.8 Å². The van der Waals surface area contributed by atoms with Crippen molar-refractivity contribution in [2.75, 3.05) is 13.7 Å². The van der Waals surface area contributed by atoms with Crippen molar-refractivity contribution in [3.8, 4) is 0 Å². The van der Waals surface area contributed by atoms with Crippen molar-refractivity contribution in [2.45, 2.75) is 44.2 Å². The van der Waals surface area contributed by atoms with Gasteiger partial charge in [0.15, 0.2) is 11.5 Å². The molecule has 1 fully saturated rings. The number of nitrogens with zero attached hydrogens (tertiary/aromatic N) is 1. The maximum atomic E-state index is 12.1. The molecule has 1 saturated carbocycles. The fourth-order valence-electron chi connectivity index (χ4n) is 2.49. The number of aliphatic hydroxyl groups excluding tert-OH is 1. The Morgan fingerprint density at radius 3 is 2.89 bits per heavy atom. The van der Waals surface area contributed by atoms with Gasteiger partial charge in [-0.1, -0.05) is 24.4 Å². The number of rotatable bonds is 5. The highest BCUT2D eigenvalue weighted by Gasteiger charge is 2.33. The molecule has 0 spiro atoms. The van der Waals surface area contributed by atoms with E-state index >= 15 is 0 Å². The zero-order valence-electron chi connectivity index (χ0n) is 11.1. The Labute approximate surface area is 112 Å². The number of hydrogen-bond acceptors (Lipinski definition) is 5. The molecule has 0 aromatic carbocycles. The minimum Gasteiger partial charge on any atom is -0.394 e. The Morgan fingerprint density at radius 2 is 2.26 bits per heavy atom. The molecule has 0 aliphatic heterocycles. The van der Waals surface area contributed by atoms with E-state index in [0.29, 0.717) is 5.76 Å². The van der Waals surface area contributed by atoms with Crippen LogP contribution in [0.25, 0.3) is 0 Å². The van der Waals surface area contributed by atoms with Gasteiger partial charge in [-0.25, -0.2) is 0 Å². The van der Waals surface area contributed by atoms with Crippen LogP contribution in [0.3, 0.4) is 0 Å². The predicted octanol–water partition coefficient (Wildman–Crippen LogP) is 1.25. The third-order valence-electron chi connectivity index (χ3n) is 3.57. The molecule has 6 nitrogen and oxygen atoms in total. The van der Waals surface area contributed by atoms with E-state index in [4.69, 9.17) is 9.26 Å². The van der Waals surface area contributed by atoms with Crippen molar-refractivity contribution >= 4 is 5.91 Å². The van der Waals surface area contributed by atoms with Crippen molar-refractivity contribution in [1.29, 1.82) is 0 Å². The second kappa shape index (κ2) is 6.16. The first-order chi connectivity index (χ1) is 9.19. The van der Waals surface area contributed by atoms with Crippen molar-refractivity contribution in [1.82, 2.24) is 10.5 Å². The Bertz CT molecular complexity index is 424. The molecule has 0 atom stereocenters. The third kappa shape index (κ3) is 3.33. The number of ether oxygens (including phenoxy) is 1. The van der Waals surface area contributed by atoms with Crippen molar-refractivity contribution in [2.24, 2.45) is 0 Å². The Hall–Kier alpha value is -1.40. The molecule has 0 radical (unpaired) electrons. The smallest absolute Gasteiger partial charge is 0.273 e. The van der Waals surface area contributed by atoms with Gasteiger partial charge >= 0.3 is 0 Å². The summed E-state index contributed by atoms with van der Waals surface area (Å²) in [6.07, 6.45) is 4.80. The molecule has 2 rings (SSSR count). The molecular weight excluding hydrogens is 248 g/mol. The van der Waals surface area contributed by atoms with E-state index in [1.807, 2.05) is 0 Å². The quantitative estimate of drug-likeness (QED) is 0.839. The molecular formula is C13H20N2O4. The van der Waals surface area contributed by atoms with Gasteiger partial charge in [0, 0.05) is 13.2 Å². The Balaban J connectivity index is 2.02. The molecule has 6 heteroatoms. The summed E-state index contributed by atoms with van der Waals surface area (Å²) >= 11 is 0. The van der Waals surface area contributed by atoms with E-state index in [2.05, 4.69) is 10.5 Å². The molecule has 0 bridgehead atoms. The molecule has 1 aromatic heterocycles. The Morgan fingerprint density at radius 1 is 1.53 bits per heavy atom. The van der Waals surface area contributed by atoms with E-state index in [1.165, 1.54) is 0 Å². The summed E-state index contributed by atoms with van der Waals surface area (Å²) in [6, 6.07) is 1.56. The SMILES string of the molecule is COCc1cc(C(=O)NC2(CO)CCCCC2)no1. The van der Waals surface area contributed by atoms with Crippen LogP contribution in [0.5, 0.6) is 0 Å². The highest BCUT2D eigenvalue weighted by atomic mass is 16.5. The molecule has 19 heavy (non-hydrogen) atoms. The lowest BCUT2D eigenvalue weighted by Gasteiger charge is -2.36. The van der Waals surface area contributed by atoms with E-state index in [1.54, 1.807) is 13.2 Å². The second-order valence-corrected chi connectivity index (χ2v) is 5.06. The second-order valence-electron chi connectivity index (χ2n) is 5.06.